The van der Waals surface area contributed by atoms with Crippen LogP contribution in [0.1, 0.15) is 38.8 Å². The van der Waals surface area contributed by atoms with Gasteiger partial charge in [0, 0.05) is 49.7 Å². The maximum absolute atomic E-state index is 9.78. The Kier molecular flexibility index (Phi) is 8.54. The largest absolute Gasteiger partial charge is 0.396 e. The van der Waals surface area contributed by atoms with Crippen LogP contribution >= 0.6 is 23.4 Å². The number of aliphatic hydroxyl groups excluding tert-OH is 2. The maximum Gasteiger partial charge on any atom is 0.150 e. The first-order chi connectivity index (χ1) is 15.4. The summed E-state index contributed by atoms with van der Waals surface area (Å²) in [7, 11) is 0. The molecule has 1 unspecified atom stereocenters. The van der Waals surface area contributed by atoms with Crippen molar-refractivity contribution < 1.29 is 10.2 Å². The van der Waals surface area contributed by atoms with Gasteiger partial charge in [-0.2, -0.15) is 5.26 Å². The van der Waals surface area contributed by atoms with Crippen LogP contribution in [0.25, 0.3) is 0 Å². The molecule has 0 aliphatic carbocycles. The monoisotopic (exact) mass is 476 g/mol. The van der Waals surface area contributed by atoms with Crippen molar-refractivity contribution in [1.29, 1.82) is 5.26 Å². The highest BCUT2D eigenvalue weighted by Gasteiger charge is 2.29. The van der Waals surface area contributed by atoms with Crippen LogP contribution < -0.4 is 10.2 Å². The molecule has 3 rings (SSSR count). The predicted octanol–water partition coefficient (Wildman–Crippen LogP) is 3.73. The van der Waals surface area contributed by atoms with E-state index in [1.807, 2.05) is 13.0 Å². The molecule has 10 heteroatoms. The molecular formula is C22H29ClN6O2S. The molecule has 0 bridgehead atoms. The van der Waals surface area contributed by atoms with E-state index in [1.165, 1.54) is 11.8 Å². The van der Waals surface area contributed by atoms with E-state index in [9.17, 15) is 10.2 Å². The molecule has 2 aromatic heterocycles. The van der Waals surface area contributed by atoms with E-state index < -0.39 is 0 Å². The van der Waals surface area contributed by atoms with E-state index in [4.69, 9.17) is 16.9 Å². The summed E-state index contributed by atoms with van der Waals surface area (Å²) in [6, 6.07) is 4.03. The minimum atomic E-state index is -0.238. The zero-order chi connectivity index (χ0) is 23.1. The first-order valence-corrected chi connectivity index (χ1v) is 11.9. The lowest BCUT2D eigenvalue weighted by molar-refractivity contribution is 0.132. The fourth-order valence-corrected chi connectivity index (χ4v) is 4.54. The summed E-state index contributed by atoms with van der Waals surface area (Å²) < 4.78 is 0. The number of pyridine rings is 1. The highest BCUT2D eigenvalue weighted by Crippen LogP contribution is 2.39. The quantitative estimate of drug-likeness (QED) is 0.445. The molecule has 1 aliphatic heterocycles. The summed E-state index contributed by atoms with van der Waals surface area (Å²) in [6.07, 6.45) is 5.57. The van der Waals surface area contributed by atoms with Gasteiger partial charge in [-0.15, -0.1) is 0 Å². The number of nitriles is 1. The number of nitrogens with one attached hydrogen (secondary N) is 1. The second kappa shape index (κ2) is 11.1. The van der Waals surface area contributed by atoms with Crippen molar-refractivity contribution in [2.45, 2.75) is 49.6 Å². The average Bonchev–Trinajstić information content (AvgIpc) is 2.78. The number of anilines is 2. The molecule has 1 aliphatic rings. The third kappa shape index (κ3) is 5.81. The van der Waals surface area contributed by atoms with Crippen LogP contribution in [0.4, 0.5) is 11.6 Å². The predicted molar refractivity (Wildman–Crippen MR) is 126 cm³/mol. The van der Waals surface area contributed by atoms with Gasteiger partial charge in [0.15, 0.2) is 0 Å². The second-order valence-corrected chi connectivity index (χ2v) is 9.78. The lowest BCUT2D eigenvalue weighted by Gasteiger charge is -2.39. The standard InChI is InChI=1S/C22H29ClN6O2S/c1-3-22(2,14-31)6-9-25-20-16(13-30)28-18(10-27-20)32-17-5-8-26-21(19(17)23)29-11-15(12-29)4-7-24/h5,8,10,15,30-31H,3-4,6,9,11-14H2,1-2H3,(H,25,27). The Bertz CT molecular complexity index is 960. The van der Waals surface area contributed by atoms with Gasteiger partial charge in [0.25, 0.3) is 0 Å². The molecule has 1 saturated heterocycles. The second-order valence-electron chi connectivity index (χ2n) is 8.34. The first kappa shape index (κ1) is 24.5. The fraction of sp³-hybridized carbons (Fsp3) is 0.545. The van der Waals surface area contributed by atoms with E-state index in [-0.39, 0.29) is 18.6 Å². The Morgan fingerprint density at radius 1 is 1.38 bits per heavy atom. The first-order valence-electron chi connectivity index (χ1n) is 10.7. The van der Waals surface area contributed by atoms with Crippen molar-refractivity contribution in [3.05, 3.63) is 29.2 Å². The van der Waals surface area contributed by atoms with Gasteiger partial charge in [-0.25, -0.2) is 15.0 Å². The SMILES string of the molecule is CCC(C)(CO)CCNc1ncc(Sc2ccnc(N3CC(CC#N)C3)c2Cl)nc1CO. The average molecular weight is 477 g/mol. The van der Waals surface area contributed by atoms with Gasteiger partial charge in [-0.1, -0.05) is 37.2 Å². The molecule has 32 heavy (non-hydrogen) atoms. The molecule has 3 N–H and O–H groups in total. The lowest BCUT2D eigenvalue weighted by atomic mass is 9.85. The van der Waals surface area contributed by atoms with Gasteiger partial charge in [0.05, 0.1) is 23.9 Å². The van der Waals surface area contributed by atoms with Crippen molar-refractivity contribution in [3.8, 4) is 6.07 Å². The Morgan fingerprint density at radius 3 is 2.81 bits per heavy atom. The van der Waals surface area contributed by atoms with Crippen LogP contribution in [-0.4, -0.2) is 51.4 Å². The van der Waals surface area contributed by atoms with Gasteiger partial charge < -0.3 is 20.4 Å². The zero-order valence-electron chi connectivity index (χ0n) is 18.4. The van der Waals surface area contributed by atoms with E-state index in [1.54, 1.807) is 12.4 Å². The topological polar surface area (TPSA) is 118 Å². The maximum atomic E-state index is 9.78. The van der Waals surface area contributed by atoms with Crippen molar-refractivity contribution in [1.82, 2.24) is 15.0 Å². The van der Waals surface area contributed by atoms with Gasteiger partial charge in [-0.3, -0.25) is 0 Å². The van der Waals surface area contributed by atoms with Crippen LogP contribution in [0, 0.1) is 22.7 Å². The van der Waals surface area contributed by atoms with Crippen molar-refractivity contribution in [2.75, 3.05) is 36.5 Å². The number of hydrogen-bond donors (Lipinski definition) is 3. The summed E-state index contributed by atoms with van der Waals surface area (Å²) in [5, 5.41) is 32.6. The minimum absolute atomic E-state index is 0.129. The zero-order valence-corrected chi connectivity index (χ0v) is 20.0. The summed E-state index contributed by atoms with van der Waals surface area (Å²) in [5.41, 5.74) is 0.320. The number of aliphatic hydroxyl groups is 2. The van der Waals surface area contributed by atoms with Crippen LogP contribution in [0.5, 0.6) is 0 Å². The van der Waals surface area contributed by atoms with Crippen molar-refractivity contribution in [3.63, 3.8) is 0 Å². The summed E-state index contributed by atoms with van der Waals surface area (Å²) in [5.74, 6) is 1.61. The number of nitrogens with zero attached hydrogens (tertiary/aromatic N) is 5. The van der Waals surface area contributed by atoms with Gasteiger partial charge in [0.1, 0.15) is 22.4 Å². The normalized spacial score (nSPS) is 15.7. The van der Waals surface area contributed by atoms with E-state index in [2.05, 4.69) is 38.2 Å². The fourth-order valence-electron chi connectivity index (χ4n) is 3.40. The molecule has 0 radical (unpaired) electrons. The van der Waals surface area contributed by atoms with E-state index in [0.717, 1.165) is 30.8 Å². The molecule has 172 valence electrons. The van der Waals surface area contributed by atoms with Crippen LogP contribution in [-0.2, 0) is 6.61 Å². The van der Waals surface area contributed by atoms with E-state index >= 15 is 0 Å². The van der Waals surface area contributed by atoms with E-state index in [0.29, 0.717) is 46.3 Å². The van der Waals surface area contributed by atoms with Crippen molar-refractivity contribution in [2.24, 2.45) is 11.3 Å². The Balaban J connectivity index is 1.67. The molecule has 2 aromatic rings. The van der Waals surface area contributed by atoms with Gasteiger partial charge in [-0.05, 0) is 24.3 Å². The summed E-state index contributed by atoms with van der Waals surface area (Å²) in [6.45, 7) is 6.17. The molecule has 1 atom stereocenters. The van der Waals surface area contributed by atoms with Gasteiger partial charge >= 0.3 is 0 Å². The molecule has 3 heterocycles. The highest BCUT2D eigenvalue weighted by atomic mass is 35.5. The minimum Gasteiger partial charge on any atom is -0.396 e. The number of aromatic nitrogens is 3. The van der Waals surface area contributed by atoms with Crippen molar-refractivity contribution >= 4 is 35.0 Å². The third-order valence-electron chi connectivity index (χ3n) is 5.92. The Labute approximate surface area is 198 Å². The molecule has 1 fully saturated rings. The molecule has 8 nitrogen and oxygen atoms in total. The van der Waals surface area contributed by atoms with Crippen LogP contribution in [0.3, 0.4) is 0 Å². The lowest BCUT2D eigenvalue weighted by Crippen LogP contribution is -2.47. The molecular weight excluding hydrogens is 448 g/mol. The molecule has 0 amide bonds. The Hall–Kier alpha value is -2.12. The number of hydrogen-bond acceptors (Lipinski definition) is 9. The number of halogens is 1. The molecule has 0 saturated carbocycles. The summed E-state index contributed by atoms with van der Waals surface area (Å²) >= 11 is 7.98. The smallest absolute Gasteiger partial charge is 0.150 e. The molecule has 0 spiro atoms. The highest BCUT2D eigenvalue weighted by molar-refractivity contribution is 7.99. The summed E-state index contributed by atoms with van der Waals surface area (Å²) in [4.78, 5) is 16.3. The third-order valence-corrected chi connectivity index (χ3v) is 7.37. The number of rotatable bonds is 11. The van der Waals surface area contributed by atoms with Gasteiger partial charge in [0.2, 0.25) is 0 Å². The Morgan fingerprint density at radius 2 is 2.16 bits per heavy atom. The molecule has 0 aromatic carbocycles. The van der Waals surface area contributed by atoms with Crippen LogP contribution in [0.15, 0.2) is 28.4 Å². The van der Waals surface area contributed by atoms with Crippen LogP contribution in [0.2, 0.25) is 5.02 Å².